The molecule has 0 aliphatic heterocycles. The van der Waals surface area contributed by atoms with Crippen molar-refractivity contribution in [2.45, 2.75) is 26.5 Å². The van der Waals surface area contributed by atoms with E-state index >= 15 is 0 Å². The molecule has 1 aliphatic carbocycles. The lowest BCUT2D eigenvalue weighted by molar-refractivity contribution is 0.0817. The molecule has 0 saturated carbocycles. The number of Topliss-reactive ketones (excluding diaryl/α,β-unsaturated/α-hetero) is 1. The number of hydrogen-bond donors (Lipinski definition) is 1. The van der Waals surface area contributed by atoms with E-state index in [0.29, 0.717) is 16.3 Å². The predicted molar refractivity (Wildman–Crippen MR) is 75.9 cm³/mol. The van der Waals surface area contributed by atoms with Crippen molar-refractivity contribution >= 4 is 17.4 Å². The molecule has 0 bridgehead atoms. The Kier molecular flexibility index (Phi) is 2.96. The van der Waals surface area contributed by atoms with Crippen LogP contribution in [0, 0.1) is 5.41 Å². The Morgan fingerprint density at radius 2 is 2.20 bits per heavy atom. The Hall–Kier alpha value is -1.65. The molecule has 1 atom stereocenters. The first-order chi connectivity index (χ1) is 9.46. The average Bonchev–Trinajstić information content (AvgIpc) is 2.93. The highest BCUT2D eigenvalue weighted by molar-refractivity contribution is 6.31. The zero-order valence-electron chi connectivity index (χ0n) is 11.3. The summed E-state index contributed by atoms with van der Waals surface area (Å²) < 4.78 is 1.87. The molecule has 1 heterocycles. The van der Waals surface area contributed by atoms with Crippen molar-refractivity contribution in [1.29, 1.82) is 0 Å². The van der Waals surface area contributed by atoms with E-state index in [2.05, 4.69) is 4.98 Å². The minimum absolute atomic E-state index is 0.0672. The van der Waals surface area contributed by atoms with Crippen molar-refractivity contribution in [3.8, 4) is 0 Å². The van der Waals surface area contributed by atoms with Crippen molar-refractivity contribution < 1.29 is 9.90 Å². The summed E-state index contributed by atoms with van der Waals surface area (Å²) in [6, 6.07) is 5.22. The zero-order valence-corrected chi connectivity index (χ0v) is 12.1. The van der Waals surface area contributed by atoms with Gasteiger partial charge in [-0.05, 0) is 17.7 Å². The van der Waals surface area contributed by atoms with Crippen molar-refractivity contribution in [3.63, 3.8) is 0 Å². The Balaban J connectivity index is 2.23. The number of benzene rings is 1. The summed E-state index contributed by atoms with van der Waals surface area (Å²) >= 11 is 6.00. The Labute approximate surface area is 122 Å². The molecule has 20 heavy (non-hydrogen) atoms. The minimum Gasteiger partial charge on any atom is -0.390 e. The van der Waals surface area contributed by atoms with Crippen LogP contribution < -0.4 is 0 Å². The van der Waals surface area contributed by atoms with E-state index in [1.165, 1.54) is 0 Å². The maximum atomic E-state index is 12.6. The molecule has 3 rings (SSSR count). The third-order valence-corrected chi connectivity index (χ3v) is 4.24. The summed E-state index contributed by atoms with van der Waals surface area (Å²) in [4.78, 5) is 16.7. The first-order valence-electron chi connectivity index (χ1n) is 6.42. The van der Waals surface area contributed by atoms with E-state index in [-0.39, 0.29) is 18.4 Å². The van der Waals surface area contributed by atoms with Crippen LogP contribution in [0.2, 0.25) is 5.02 Å². The van der Waals surface area contributed by atoms with Gasteiger partial charge in [0.15, 0.2) is 5.78 Å². The number of rotatable bonds is 2. The number of carbonyl (C=O) groups excluding carboxylic acids is 1. The molecule has 0 amide bonds. The highest BCUT2D eigenvalue weighted by Gasteiger charge is 2.47. The molecular formula is C15H15ClN2O2. The number of nitrogens with zero attached hydrogens (tertiary/aromatic N) is 2. The van der Waals surface area contributed by atoms with Gasteiger partial charge in [0.1, 0.15) is 0 Å². The Bertz CT molecular complexity index is 691. The van der Waals surface area contributed by atoms with E-state index in [1.54, 1.807) is 24.7 Å². The summed E-state index contributed by atoms with van der Waals surface area (Å²) in [6.07, 6.45) is 3.28. The SMILES string of the molecule is CC1(C)C(=O)c2cc(Cl)ccc2C1n1cncc1CO. The van der Waals surface area contributed by atoms with Gasteiger partial charge in [0, 0.05) is 10.6 Å². The number of carbonyl (C=O) groups is 1. The third kappa shape index (κ3) is 1.72. The zero-order chi connectivity index (χ0) is 14.5. The van der Waals surface area contributed by atoms with E-state index < -0.39 is 5.41 Å². The molecule has 0 spiro atoms. The van der Waals surface area contributed by atoms with Crippen LogP contribution in [0.15, 0.2) is 30.7 Å². The smallest absolute Gasteiger partial charge is 0.171 e. The van der Waals surface area contributed by atoms with E-state index in [1.807, 2.05) is 24.5 Å². The second-order valence-electron chi connectivity index (χ2n) is 5.64. The van der Waals surface area contributed by atoms with Gasteiger partial charge in [0.25, 0.3) is 0 Å². The number of aromatic nitrogens is 2. The molecule has 2 aromatic rings. The molecule has 0 fully saturated rings. The molecule has 0 radical (unpaired) electrons. The Morgan fingerprint density at radius 1 is 1.45 bits per heavy atom. The number of imidazole rings is 1. The van der Waals surface area contributed by atoms with Gasteiger partial charge in [-0.15, -0.1) is 0 Å². The summed E-state index contributed by atoms with van der Waals surface area (Å²) in [5.74, 6) is 0.0672. The van der Waals surface area contributed by atoms with E-state index in [9.17, 15) is 9.90 Å². The molecule has 1 aliphatic rings. The van der Waals surface area contributed by atoms with Crippen LogP contribution in [0.1, 0.15) is 41.5 Å². The molecule has 104 valence electrons. The van der Waals surface area contributed by atoms with E-state index in [0.717, 1.165) is 5.56 Å². The quantitative estimate of drug-likeness (QED) is 0.925. The van der Waals surface area contributed by atoms with Crippen LogP contribution in [0.5, 0.6) is 0 Å². The van der Waals surface area contributed by atoms with Gasteiger partial charge >= 0.3 is 0 Å². The second-order valence-corrected chi connectivity index (χ2v) is 6.07. The molecule has 1 aromatic carbocycles. The maximum absolute atomic E-state index is 12.6. The molecular weight excluding hydrogens is 276 g/mol. The summed E-state index contributed by atoms with van der Waals surface area (Å²) in [7, 11) is 0. The van der Waals surface area contributed by atoms with Gasteiger partial charge in [-0.3, -0.25) is 4.79 Å². The lowest BCUT2D eigenvalue weighted by Crippen LogP contribution is -2.29. The number of hydrogen-bond acceptors (Lipinski definition) is 3. The van der Waals surface area contributed by atoms with Crippen LogP contribution in [-0.4, -0.2) is 20.4 Å². The highest BCUT2D eigenvalue weighted by Crippen LogP contribution is 2.48. The lowest BCUT2D eigenvalue weighted by atomic mass is 9.84. The van der Waals surface area contributed by atoms with Crippen LogP contribution >= 0.6 is 11.6 Å². The fourth-order valence-corrected chi connectivity index (χ4v) is 3.18. The normalized spacial score (nSPS) is 20.2. The fraction of sp³-hybridized carbons (Fsp3) is 0.333. The van der Waals surface area contributed by atoms with E-state index in [4.69, 9.17) is 11.6 Å². The largest absolute Gasteiger partial charge is 0.390 e. The van der Waals surface area contributed by atoms with Crippen molar-refractivity contribution in [2.75, 3.05) is 0 Å². The molecule has 4 nitrogen and oxygen atoms in total. The van der Waals surface area contributed by atoms with Crippen LogP contribution in [0.3, 0.4) is 0 Å². The van der Waals surface area contributed by atoms with Gasteiger partial charge < -0.3 is 9.67 Å². The first-order valence-corrected chi connectivity index (χ1v) is 6.80. The number of ketones is 1. The molecule has 5 heteroatoms. The summed E-state index contributed by atoms with van der Waals surface area (Å²) in [5.41, 5.74) is 1.68. The van der Waals surface area contributed by atoms with Crippen molar-refractivity contribution in [2.24, 2.45) is 5.41 Å². The van der Waals surface area contributed by atoms with Crippen molar-refractivity contribution in [3.05, 3.63) is 52.6 Å². The number of aliphatic hydroxyl groups is 1. The summed E-state index contributed by atoms with van der Waals surface area (Å²) in [6.45, 7) is 3.72. The average molecular weight is 291 g/mol. The topological polar surface area (TPSA) is 55.1 Å². The minimum atomic E-state index is -0.600. The van der Waals surface area contributed by atoms with Gasteiger partial charge in [-0.1, -0.05) is 31.5 Å². The highest BCUT2D eigenvalue weighted by atomic mass is 35.5. The third-order valence-electron chi connectivity index (χ3n) is 4.01. The molecule has 0 saturated heterocycles. The molecule has 1 aromatic heterocycles. The van der Waals surface area contributed by atoms with Crippen LogP contribution in [0.25, 0.3) is 0 Å². The predicted octanol–water partition coefficient (Wildman–Crippen LogP) is 2.84. The van der Waals surface area contributed by atoms with Gasteiger partial charge in [0.05, 0.1) is 36.3 Å². The number of halogens is 1. The number of aliphatic hydroxyl groups excluding tert-OH is 1. The first kappa shape index (κ1) is 13.3. The van der Waals surface area contributed by atoms with Gasteiger partial charge in [0.2, 0.25) is 0 Å². The summed E-state index contributed by atoms with van der Waals surface area (Å²) in [5, 5.41) is 9.99. The second kappa shape index (κ2) is 4.43. The lowest BCUT2D eigenvalue weighted by Gasteiger charge is -2.28. The Morgan fingerprint density at radius 3 is 2.90 bits per heavy atom. The number of fused-ring (bicyclic) bond motifs is 1. The van der Waals surface area contributed by atoms with Crippen LogP contribution in [0.4, 0.5) is 0 Å². The van der Waals surface area contributed by atoms with Gasteiger partial charge in [-0.2, -0.15) is 0 Å². The standard InChI is InChI=1S/C15H15ClN2O2/c1-15(2)13(18-8-17-6-10(18)7-19)11-4-3-9(16)5-12(11)14(15)20/h3-6,8,13,19H,7H2,1-2H3. The van der Waals surface area contributed by atoms with Crippen LogP contribution in [-0.2, 0) is 6.61 Å². The van der Waals surface area contributed by atoms with Crippen molar-refractivity contribution in [1.82, 2.24) is 9.55 Å². The van der Waals surface area contributed by atoms with Gasteiger partial charge in [-0.25, -0.2) is 4.98 Å². The molecule has 1 N–H and O–H groups in total. The molecule has 1 unspecified atom stereocenters. The monoisotopic (exact) mass is 290 g/mol. The maximum Gasteiger partial charge on any atom is 0.171 e. The fourth-order valence-electron chi connectivity index (χ4n) is 3.01.